The number of hydrogen-bond donors (Lipinski definition) is 0. The molecule has 0 bridgehead atoms. The highest BCUT2D eigenvalue weighted by molar-refractivity contribution is 9.10. The lowest BCUT2D eigenvalue weighted by Crippen LogP contribution is -2.17. The third-order valence-electron chi connectivity index (χ3n) is 2.38. The summed E-state index contributed by atoms with van der Waals surface area (Å²) >= 11 is 3.33. The van der Waals surface area contributed by atoms with Crippen LogP contribution < -0.4 is 4.90 Å². The van der Waals surface area contributed by atoms with E-state index in [-0.39, 0.29) is 0 Å². The molecular weight excluding hydrogens is 270 g/mol. The van der Waals surface area contributed by atoms with Crippen molar-refractivity contribution >= 4 is 21.7 Å². The van der Waals surface area contributed by atoms with Crippen molar-refractivity contribution in [3.8, 4) is 0 Å². The van der Waals surface area contributed by atoms with Gasteiger partial charge >= 0.3 is 0 Å². The Morgan fingerprint density at radius 2 is 2.25 bits per heavy atom. The molecule has 2 aromatic rings. The van der Waals surface area contributed by atoms with Gasteiger partial charge < -0.3 is 9.32 Å². The molecule has 0 N–H and O–H groups in total. The first-order valence-corrected chi connectivity index (χ1v) is 5.68. The molecule has 16 heavy (non-hydrogen) atoms. The lowest BCUT2D eigenvalue weighted by Gasteiger charge is -2.17. The van der Waals surface area contributed by atoms with Gasteiger partial charge in [-0.05, 0) is 28.9 Å². The Hall–Kier alpha value is -1.36. The number of rotatable bonds is 3. The lowest BCUT2D eigenvalue weighted by atomic mass is 10.2. The number of aromatic nitrogens is 2. The second kappa shape index (κ2) is 4.65. The highest BCUT2D eigenvalue weighted by atomic mass is 79.9. The molecule has 5 heteroatoms. The van der Waals surface area contributed by atoms with Crippen LogP contribution in [0, 0.1) is 6.92 Å². The van der Waals surface area contributed by atoms with Gasteiger partial charge in [0, 0.05) is 25.2 Å². The van der Waals surface area contributed by atoms with Crippen LogP contribution in [0.25, 0.3) is 0 Å². The molecule has 0 atom stereocenters. The predicted molar refractivity (Wildman–Crippen MR) is 65.3 cm³/mol. The maximum atomic E-state index is 5.26. The Morgan fingerprint density at radius 1 is 1.44 bits per heavy atom. The molecule has 0 aliphatic carbocycles. The van der Waals surface area contributed by atoms with Crippen molar-refractivity contribution in [3.05, 3.63) is 40.7 Å². The Balaban J connectivity index is 2.14. The van der Waals surface area contributed by atoms with Crippen LogP contribution in [0.1, 0.15) is 11.3 Å². The smallest absolute Gasteiger partial charge is 0.133 e. The van der Waals surface area contributed by atoms with E-state index in [9.17, 15) is 0 Å². The normalized spacial score (nSPS) is 10.4. The van der Waals surface area contributed by atoms with Gasteiger partial charge in [-0.3, -0.25) is 0 Å². The first kappa shape index (κ1) is 11.1. The van der Waals surface area contributed by atoms with E-state index in [4.69, 9.17) is 4.42 Å². The van der Waals surface area contributed by atoms with Crippen LogP contribution in [-0.2, 0) is 6.54 Å². The minimum Gasteiger partial charge on any atom is -0.469 e. The SMILES string of the molecule is Cc1occc1CN(C)c1cc(Br)ncn1. The molecule has 0 aliphatic heterocycles. The average molecular weight is 282 g/mol. The predicted octanol–water partition coefficient (Wildman–Crippen LogP) is 2.78. The van der Waals surface area contributed by atoms with Gasteiger partial charge in [-0.15, -0.1) is 0 Å². The van der Waals surface area contributed by atoms with Crippen molar-refractivity contribution in [2.45, 2.75) is 13.5 Å². The summed E-state index contributed by atoms with van der Waals surface area (Å²) in [6, 6.07) is 3.86. The van der Waals surface area contributed by atoms with Crippen molar-refractivity contribution in [2.75, 3.05) is 11.9 Å². The van der Waals surface area contributed by atoms with E-state index in [0.717, 1.165) is 28.3 Å². The molecule has 0 amide bonds. The van der Waals surface area contributed by atoms with Gasteiger partial charge in [-0.25, -0.2) is 9.97 Å². The van der Waals surface area contributed by atoms with E-state index in [1.165, 1.54) is 6.33 Å². The van der Waals surface area contributed by atoms with E-state index in [2.05, 4.69) is 25.9 Å². The third kappa shape index (κ3) is 2.41. The molecule has 2 rings (SSSR count). The molecule has 0 unspecified atom stereocenters. The van der Waals surface area contributed by atoms with Crippen LogP contribution in [0.3, 0.4) is 0 Å². The highest BCUT2D eigenvalue weighted by Gasteiger charge is 2.07. The van der Waals surface area contributed by atoms with Gasteiger partial charge in [0.15, 0.2) is 0 Å². The van der Waals surface area contributed by atoms with Gasteiger partial charge in [0.05, 0.1) is 6.26 Å². The van der Waals surface area contributed by atoms with E-state index >= 15 is 0 Å². The Kier molecular flexibility index (Phi) is 3.24. The second-order valence-electron chi connectivity index (χ2n) is 3.56. The quantitative estimate of drug-likeness (QED) is 0.812. The molecule has 0 saturated carbocycles. The maximum absolute atomic E-state index is 5.26. The van der Waals surface area contributed by atoms with Crippen LogP contribution in [0.5, 0.6) is 0 Å². The molecule has 0 aliphatic rings. The summed E-state index contributed by atoms with van der Waals surface area (Å²) in [6.45, 7) is 2.73. The van der Waals surface area contributed by atoms with Crippen LogP contribution in [0.15, 0.2) is 33.7 Å². The van der Waals surface area contributed by atoms with Crippen molar-refractivity contribution in [1.82, 2.24) is 9.97 Å². The summed E-state index contributed by atoms with van der Waals surface area (Å²) < 4.78 is 6.04. The highest BCUT2D eigenvalue weighted by Crippen LogP contribution is 2.17. The van der Waals surface area contributed by atoms with Crippen LogP contribution in [0.4, 0.5) is 5.82 Å². The van der Waals surface area contributed by atoms with Crippen LogP contribution in [0.2, 0.25) is 0 Å². The monoisotopic (exact) mass is 281 g/mol. The van der Waals surface area contributed by atoms with Gasteiger partial charge in [-0.1, -0.05) is 0 Å². The van der Waals surface area contributed by atoms with Gasteiger partial charge in [0.2, 0.25) is 0 Å². The van der Waals surface area contributed by atoms with Gasteiger partial charge in [-0.2, -0.15) is 0 Å². The molecule has 0 fully saturated rings. The fraction of sp³-hybridized carbons (Fsp3) is 0.273. The summed E-state index contributed by atoms with van der Waals surface area (Å²) in [4.78, 5) is 10.2. The number of hydrogen-bond acceptors (Lipinski definition) is 4. The zero-order valence-electron chi connectivity index (χ0n) is 9.14. The minimum absolute atomic E-state index is 0.770. The Labute approximate surface area is 102 Å². The molecule has 2 aromatic heterocycles. The largest absolute Gasteiger partial charge is 0.469 e. The van der Waals surface area contributed by atoms with E-state index in [1.54, 1.807) is 6.26 Å². The summed E-state index contributed by atoms with van der Waals surface area (Å²) in [5.74, 6) is 1.82. The zero-order valence-corrected chi connectivity index (χ0v) is 10.7. The zero-order chi connectivity index (χ0) is 11.5. The van der Waals surface area contributed by atoms with Crippen LogP contribution >= 0.6 is 15.9 Å². The molecule has 0 aromatic carbocycles. The summed E-state index contributed by atoms with van der Waals surface area (Å²) in [7, 11) is 1.99. The van der Waals surface area contributed by atoms with E-state index in [0.29, 0.717) is 0 Å². The van der Waals surface area contributed by atoms with Crippen molar-refractivity contribution in [3.63, 3.8) is 0 Å². The first-order valence-electron chi connectivity index (χ1n) is 4.88. The summed E-state index contributed by atoms with van der Waals surface area (Å²) in [6.07, 6.45) is 3.24. The number of aryl methyl sites for hydroxylation is 1. The average Bonchev–Trinajstić information content (AvgIpc) is 2.64. The topological polar surface area (TPSA) is 42.2 Å². The summed E-state index contributed by atoms with van der Waals surface area (Å²) in [5.41, 5.74) is 1.16. The van der Waals surface area contributed by atoms with Crippen LogP contribution in [-0.4, -0.2) is 17.0 Å². The number of halogens is 1. The molecule has 2 heterocycles. The van der Waals surface area contributed by atoms with Gasteiger partial charge in [0.25, 0.3) is 0 Å². The van der Waals surface area contributed by atoms with Crippen molar-refractivity contribution in [2.24, 2.45) is 0 Å². The fourth-order valence-corrected chi connectivity index (χ4v) is 1.74. The lowest BCUT2D eigenvalue weighted by molar-refractivity contribution is 0.529. The van der Waals surface area contributed by atoms with Crippen molar-refractivity contribution < 1.29 is 4.42 Å². The van der Waals surface area contributed by atoms with Gasteiger partial charge in [0.1, 0.15) is 22.5 Å². The molecule has 84 valence electrons. The molecule has 4 nitrogen and oxygen atoms in total. The third-order valence-corrected chi connectivity index (χ3v) is 2.82. The second-order valence-corrected chi connectivity index (χ2v) is 4.37. The maximum Gasteiger partial charge on any atom is 0.133 e. The van der Waals surface area contributed by atoms with E-state index < -0.39 is 0 Å². The Bertz CT molecular complexity index is 484. The molecule has 0 radical (unpaired) electrons. The van der Waals surface area contributed by atoms with Crippen molar-refractivity contribution in [1.29, 1.82) is 0 Å². The van der Waals surface area contributed by atoms with E-state index in [1.807, 2.05) is 31.0 Å². The summed E-state index contributed by atoms with van der Waals surface area (Å²) in [5, 5.41) is 0. The standard InChI is InChI=1S/C11H12BrN3O/c1-8-9(3-4-16-8)6-15(2)11-5-10(12)13-7-14-11/h3-5,7H,6H2,1-2H3. The molecule has 0 saturated heterocycles. The number of furan rings is 1. The molecular formula is C11H12BrN3O. The minimum atomic E-state index is 0.770. The first-order chi connectivity index (χ1) is 7.66. The Morgan fingerprint density at radius 3 is 2.88 bits per heavy atom. The molecule has 0 spiro atoms. The number of anilines is 1. The fourth-order valence-electron chi connectivity index (χ4n) is 1.44. The number of nitrogens with zero attached hydrogens (tertiary/aromatic N) is 3.